The molecule has 4 rings (SSSR count). The number of benzene rings is 1. The molecule has 5 atom stereocenters. The summed E-state index contributed by atoms with van der Waals surface area (Å²) in [5.74, 6) is 3.40. The van der Waals surface area contributed by atoms with Crippen molar-refractivity contribution in [3.63, 3.8) is 0 Å². The van der Waals surface area contributed by atoms with Gasteiger partial charge >= 0.3 is 0 Å². The van der Waals surface area contributed by atoms with Crippen LogP contribution >= 0.6 is 0 Å². The van der Waals surface area contributed by atoms with Crippen LogP contribution in [0.4, 0.5) is 0 Å². The summed E-state index contributed by atoms with van der Waals surface area (Å²) in [6.07, 6.45) is 7.54. The Labute approximate surface area is 150 Å². The molecule has 3 heteroatoms. The third-order valence-corrected chi connectivity index (χ3v) is 7.43. The predicted octanol–water partition coefficient (Wildman–Crippen LogP) is 4.33. The maximum Gasteiger partial charge on any atom is 0.139 e. The lowest BCUT2D eigenvalue weighted by Crippen LogP contribution is -2.44. The van der Waals surface area contributed by atoms with Gasteiger partial charge in [-0.3, -0.25) is 4.79 Å². The molecule has 0 amide bonds. The number of aldehydes is 1. The lowest BCUT2D eigenvalue weighted by atomic mass is 9.54. The molecule has 0 radical (unpaired) electrons. The number of carbonyl (C=O) groups is 2. The fraction of sp³-hybridized carbons (Fsp3) is 0.636. The highest BCUT2D eigenvalue weighted by atomic mass is 16.5. The minimum Gasteiger partial charge on any atom is -0.497 e. The highest BCUT2D eigenvalue weighted by Crippen LogP contribution is 2.62. The van der Waals surface area contributed by atoms with Gasteiger partial charge < -0.3 is 9.53 Å². The van der Waals surface area contributed by atoms with E-state index in [0.717, 1.165) is 44.1 Å². The van der Waals surface area contributed by atoms with E-state index < -0.39 is 0 Å². The van der Waals surface area contributed by atoms with Crippen molar-refractivity contribution in [2.75, 3.05) is 7.11 Å². The van der Waals surface area contributed by atoms with Crippen LogP contribution < -0.4 is 4.74 Å². The predicted molar refractivity (Wildman–Crippen MR) is 96.8 cm³/mol. The Hall–Kier alpha value is -1.64. The minimum atomic E-state index is -0.154. The van der Waals surface area contributed by atoms with E-state index in [9.17, 15) is 9.59 Å². The van der Waals surface area contributed by atoms with Gasteiger partial charge in [0.2, 0.25) is 0 Å². The van der Waals surface area contributed by atoms with Crippen molar-refractivity contribution < 1.29 is 14.3 Å². The van der Waals surface area contributed by atoms with Crippen LogP contribution in [0.1, 0.15) is 62.5 Å². The minimum absolute atomic E-state index is 0.154. The molecule has 0 spiro atoms. The van der Waals surface area contributed by atoms with Crippen molar-refractivity contribution in [1.82, 2.24) is 0 Å². The van der Waals surface area contributed by atoms with Gasteiger partial charge in [-0.15, -0.1) is 0 Å². The first-order valence-electron chi connectivity index (χ1n) is 9.72. The van der Waals surface area contributed by atoms with Crippen LogP contribution in [-0.4, -0.2) is 19.2 Å². The second-order valence-electron chi connectivity index (χ2n) is 8.49. The van der Waals surface area contributed by atoms with E-state index >= 15 is 0 Å². The van der Waals surface area contributed by atoms with Gasteiger partial charge in [0.05, 0.1) is 7.11 Å². The van der Waals surface area contributed by atoms with Crippen LogP contribution in [0.3, 0.4) is 0 Å². The molecule has 0 aliphatic heterocycles. The Kier molecular flexibility index (Phi) is 4.21. The average molecular weight is 340 g/mol. The molecule has 1 aromatic carbocycles. The van der Waals surface area contributed by atoms with Crippen LogP contribution in [0.25, 0.3) is 0 Å². The molecular weight excluding hydrogens is 312 g/mol. The summed E-state index contributed by atoms with van der Waals surface area (Å²) in [6, 6.07) is 6.53. The largest absolute Gasteiger partial charge is 0.497 e. The number of hydrogen-bond acceptors (Lipinski definition) is 3. The second kappa shape index (κ2) is 6.26. The van der Waals surface area contributed by atoms with E-state index in [0.29, 0.717) is 42.3 Å². The lowest BCUT2D eigenvalue weighted by molar-refractivity contribution is -0.129. The Balaban J connectivity index is 1.68. The molecule has 25 heavy (non-hydrogen) atoms. The number of hydrogen-bond donors (Lipinski definition) is 0. The molecule has 1 aromatic rings. The van der Waals surface area contributed by atoms with Gasteiger partial charge in [0.25, 0.3) is 0 Å². The normalized spacial score (nSPS) is 36.3. The zero-order valence-corrected chi connectivity index (χ0v) is 15.3. The van der Waals surface area contributed by atoms with Gasteiger partial charge in [-0.2, -0.15) is 0 Å². The van der Waals surface area contributed by atoms with E-state index in [4.69, 9.17) is 4.74 Å². The molecule has 0 aromatic heterocycles. The third-order valence-electron chi connectivity index (χ3n) is 7.43. The van der Waals surface area contributed by atoms with Crippen LogP contribution in [0.5, 0.6) is 5.75 Å². The van der Waals surface area contributed by atoms with Crippen molar-refractivity contribution >= 4 is 12.1 Å². The summed E-state index contributed by atoms with van der Waals surface area (Å²) in [4.78, 5) is 23.7. The van der Waals surface area contributed by atoms with E-state index in [2.05, 4.69) is 25.1 Å². The maximum atomic E-state index is 12.8. The molecule has 134 valence electrons. The molecule has 3 aliphatic rings. The van der Waals surface area contributed by atoms with Crippen molar-refractivity contribution in [2.24, 2.45) is 23.2 Å². The third kappa shape index (κ3) is 2.54. The first kappa shape index (κ1) is 16.8. The highest BCUT2D eigenvalue weighted by molar-refractivity contribution is 5.87. The van der Waals surface area contributed by atoms with Crippen LogP contribution in [0.15, 0.2) is 18.2 Å². The number of fused-ring (bicyclic) bond motifs is 5. The average Bonchev–Trinajstić information content (AvgIpc) is 2.89. The Bertz CT molecular complexity index is 695. The number of Topliss-reactive ketones (excluding diaryl/α,β-unsaturated/α-hetero) is 1. The fourth-order valence-electron chi connectivity index (χ4n) is 6.29. The smallest absolute Gasteiger partial charge is 0.139 e. The van der Waals surface area contributed by atoms with Crippen molar-refractivity contribution in [3.05, 3.63) is 29.3 Å². The SMILES string of the molecule is COc1ccc2c(c1)CCC1C2CC[C@]2(C)C(=O)CC(CCC=O)C12. The lowest BCUT2D eigenvalue weighted by Gasteiger charge is -2.50. The van der Waals surface area contributed by atoms with E-state index in [1.165, 1.54) is 11.1 Å². The Morgan fingerprint density at radius 2 is 2.16 bits per heavy atom. The van der Waals surface area contributed by atoms with Gasteiger partial charge in [-0.25, -0.2) is 0 Å². The molecule has 0 heterocycles. The topological polar surface area (TPSA) is 43.4 Å². The number of carbonyl (C=O) groups excluding carboxylic acids is 2. The highest BCUT2D eigenvalue weighted by Gasteiger charge is 2.58. The summed E-state index contributed by atoms with van der Waals surface area (Å²) in [6.45, 7) is 2.21. The second-order valence-corrected chi connectivity index (χ2v) is 8.49. The molecule has 3 aliphatic carbocycles. The summed E-state index contributed by atoms with van der Waals surface area (Å²) in [7, 11) is 1.72. The molecule has 4 unspecified atom stereocenters. The first-order chi connectivity index (χ1) is 12.1. The molecular formula is C22H28O3. The zero-order valence-electron chi connectivity index (χ0n) is 15.3. The summed E-state index contributed by atoms with van der Waals surface area (Å²) >= 11 is 0. The van der Waals surface area contributed by atoms with Gasteiger partial charge in [0.1, 0.15) is 17.8 Å². The number of aryl methyl sites for hydroxylation is 1. The molecule has 0 N–H and O–H groups in total. The van der Waals surface area contributed by atoms with Gasteiger partial charge in [-0.1, -0.05) is 13.0 Å². The van der Waals surface area contributed by atoms with Crippen molar-refractivity contribution in [1.29, 1.82) is 0 Å². The first-order valence-corrected chi connectivity index (χ1v) is 9.72. The van der Waals surface area contributed by atoms with Crippen LogP contribution in [0.2, 0.25) is 0 Å². The monoisotopic (exact) mass is 340 g/mol. The summed E-state index contributed by atoms with van der Waals surface area (Å²) in [5, 5.41) is 0. The van der Waals surface area contributed by atoms with E-state index in [1.807, 2.05) is 0 Å². The Morgan fingerprint density at radius 3 is 2.92 bits per heavy atom. The van der Waals surface area contributed by atoms with Crippen LogP contribution in [0, 0.1) is 23.2 Å². The number of ketones is 1. The maximum absolute atomic E-state index is 12.8. The van der Waals surface area contributed by atoms with E-state index in [1.54, 1.807) is 7.11 Å². The molecule has 2 fully saturated rings. The van der Waals surface area contributed by atoms with Crippen molar-refractivity contribution in [2.45, 2.75) is 57.8 Å². The van der Waals surface area contributed by atoms with Crippen molar-refractivity contribution in [3.8, 4) is 5.75 Å². The summed E-state index contributed by atoms with van der Waals surface area (Å²) < 4.78 is 5.40. The summed E-state index contributed by atoms with van der Waals surface area (Å²) in [5.41, 5.74) is 2.75. The molecule has 2 saturated carbocycles. The molecule has 3 nitrogen and oxygen atoms in total. The molecule has 0 saturated heterocycles. The number of rotatable bonds is 4. The van der Waals surface area contributed by atoms with Gasteiger partial charge in [-0.05, 0) is 79.0 Å². The standard InChI is InChI=1S/C22H28O3/c1-22-10-9-18-17-8-6-16(25-2)12-14(17)5-7-19(18)21(22)15(4-3-11-23)13-20(22)24/h6,8,11-12,15,18-19,21H,3-5,7,9-10,13H2,1-2H3/t15?,18?,19?,21?,22-/m1/s1. The molecule has 0 bridgehead atoms. The fourth-order valence-corrected chi connectivity index (χ4v) is 6.29. The van der Waals surface area contributed by atoms with Gasteiger partial charge in [0, 0.05) is 18.3 Å². The van der Waals surface area contributed by atoms with Crippen LogP contribution in [-0.2, 0) is 16.0 Å². The quantitative estimate of drug-likeness (QED) is 0.767. The zero-order chi connectivity index (χ0) is 17.6. The number of methoxy groups -OCH3 is 1. The van der Waals surface area contributed by atoms with Gasteiger partial charge in [0.15, 0.2) is 0 Å². The Morgan fingerprint density at radius 1 is 1.32 bits per heavy atom. The number of ether oxygens (including phenoxy) is 1. The van der Waals surface area contributed by atoms with E-state index in [-0.39, 0.29) is 5.41 Å².